The molecule has 2 saturated heterocycles. The van der Waals surface area contributed by atoms with Gasteiger partial charge in [-0.2, -0.15) is 18.3 Å². The molecule has 1 spiro atoms. The first-order valence-corrected chi connectivity index (χ1v) is 13.6. The molecular weight excluding hydrogens is 467 g/mol. The minimum absolute atomic E-state index is 0.102. The Morgan fingerprint density at radius 1 is 1.18 bits per heavy atom. The van der Waals surface area contributed by atoms with Crippen LogP contribution in [0.1, 0.15) is 57.6 Å². The summed E-state index contributed by atoms with van der Waals surface area (Å²) in [5.41, 5.74) is -0.399. The lowest BCUT2D eigenvalue weighted by Crippen LogP contribution is -2.49. The molecule has 0 bridgehead atoms. The van der Waals surface area contributed by atoms with Gasteiger partial charge in [-0.05, 0) is 51.1 Å². The SMILES string of the molecule is C1C[C@@H]2C[C@@H]2C1.CC(C)n1cnc(-c2cncc(C(F)(F)F)c2)n1.O=S1(=O)CC2(CCNC2)C1. The van der Waals surface area contributed by atoms with Crippen LogP contribution in [0.2, 0.25) is 0 Å². The first kappa shape index (κ1) is 25.1. The van der Waals surface area contributed by atoms with Gasteiger partial charge in [-0.1, -0.05) is 19.3 Å². The van der Waals surface area contributed by atoms with E-state index in [0.29, 0.717) is 11.5 Å². The number of pyridine rings is 1. The molecule has 2 aromatic rings. The molecular formula is C23H32F3N5O2S. The van der Waals surface area contributed by atoms with Crippen LogP contribution in [-0.4, -0.2) is 52.8 Å². The molecule has 2 aromatic heterocycles. The molecule has 0 aromatic carbocycles. The van der Waals surface area contributed by atoms with E-state index in [9.17, 15) is 21.6 Å². The normalized spacial score (nSPS) is 25.6. The summed E-state index contributed by atoms with van der Waals surface area (Å²) in [6, 6.07) is 1.09. The number of alkyl halides is 3. The van der Waals surface area contributed by atoms with Crippen molar-refractivity contribution in [2.45, 2.75) is 58.2 Å². The quantitative estimate of drug-likeness (QED) is 0.668. The number of nitrogens with one attached hydrogen (secondary N) is 1. The van der Waals surface area contributed by atoms with Crippen LogP contribution in [0.3, 0.4) is 0 Å². The number of halogens is 3. The zero-order valence-corrected chi connectivity index (χ0v) is 20.4. The van der Waals surface area contributed by atoms with Crippen LogP contribution in [0.25, 0.3) is 11.4 Å². The summed E-state index contributed by atoms with van der Waals surface area (Å²) in [4.78, 5) is 7.55. The predicted molar refractivity (Wildman–Crippen MR) is 123 cm³/mol. The van der Waals surface area contributed by atoms with Gasteiger partial charge < -0.3 is 5.32 Å². The molecule has 4 aliphatic rings. The minimum atomic E-state index is -4.41. The van der Waals surface area contributed by atoms with Gasteiger partial charge in [0, 0.05) is 36.0 Å². The molecule has 188 valence electrons. The van der Waals surface area contributed by atoms with Crippen LogP contribution in [0.5, 0.6) is 0 Å². The van der Waals surface area contributed by atoms with Crippen LogP contribution in [-0.2, 0) is 16.0 Å². The average Bonchev–Trinajstić information content (AvgIpc) is 3.20. The van der Waals surface area contributed by atoms with E-state index in [-0.39, 0.29) is 22.8 Å². The van der Waals surface area contributed by atoms with E-state index in [1.807, 2.05) is 13.8 Å². The topological polar surface area (TPSA) is 89.8 Å². The third-order valence-electron chi connectivity index (χ3n) is 6.96. The third kappa shape index (κ3) is 6.16. The summed E-state index contributed by atoms with van der Waals surface area (Å²) in [7, 11) is -2.61. The van der Waals surface area contributed by atoms with Crippen LogP contribution in [0.15, 0.2) is 24.8 Å². The smallest absolute Gasteiger partial charge is 0.316 e. The first-order chi connectivity index (χ1) is 16.0. The molecule has 6 rings (SSSR count). The molecule has 2 aliphatic heterocycles. The molecule has 1 N–H and O–H groups in total. The van der Waals surface area contributed by atoms with Gasteiger partial charge in [-0.15, -0.1) is 0 Å². The van der Waals surface area contributed by atoms with Crippen molar-refractivity contribution in [2.24, 2.45) is 17.3 Å². The standard InChI is InChI=1S/C11H11F3N4.C6H11NO2S.C6H10/c1-7(2)18-6-16-10(17-18)8-3-9(5-15-4-8)11(12,13)14;8-10(9)4-6(5-10)1-2-7-3-6;1-2-5-4-6(5)3-1/h3-7H,1-2H3;7H,1-5H2;5-6H,1-4H2/t;;5-,6+. The number of nitrogens with zero attached hydrogens (tertiary/aromatic N) is 4. The molecule has 0 unspecified atom stereocenters. The van der Waals surface area contributed by atoms with Gasteiger partial charge in [-0.3, -0.25) is 4.98 Å². The number of hydrogen-bond acceptors (Lipinski definition) is 6. The van der Waals surface area contributed by atoms with E-state index < -0.39 is 21.6 Å². The van der Waals surface area contributed by atoms with Gasteiger partial charge >= 0.3 is 6.18 Å². The summed E-state index contributed by atoms with van der Waals surface area (Å²) < 4.78 is 60.8. The predicted octanol–water partition coefficient (Wildman–Crippen LogP) is 4.14. The van der Waals surface area contributed by atoms with E-state index in [1.54, 1.807) is 23.9 Å². The van der Waals surface area contributed by atoms with Gasteiger partial charge in [0.15, 0.2) is 15.7 Å². The van der Waals surface area contributed by atoms with Crippen molar-refractivity contribution >= 4 is 9.84 Å². The van der Waals surface area contributed by atoms with Crippen LogP contribution < -0.4 is 5.32 Å². The summed E-state index contributed by atoms with van der Waals surface area (Å²) in [6.07, 6.45) is 6.46. The fourth-order valence-electron chi connectivity index (χ4n) is 4.97. The van der Waals surface area contributed by atoms with Gasteiger partial charge in [-0.25, -0.2) is 18.1 Å². The second kappa shape index (κ2) is 9.56. The van der Waals surface area contributed by atoms with Crippen molar-refractivity contribution in [1.29, 1.82) is 0 Å². The van der Waals surface area contributed by atoms with Gasteiger partial charge in [0.2, 0.25) is 0 Å². The fourth-order valence-corrected chi connectivity index (χ4v) is 7.24. The van der Waals surface area contributed by atoms with Crippen molar-refractivity contribution in [1.82, 2.24) is 25.1 Å². The van der Waals surface area contributed by atoms with Crippen LogP contribution in [0, 0.1) is 17.3 Å². The first-order valence-electron chi connectivity index (χ1n) is 11.8. The lowest BCUT2D eigenvalue weighted by atomic mass is 9.91. The number of sulfone groups is 1. The summed E-state index contributed by atoms with van der Waals surface area (Å²) in [5, 5.41) is 7.29. The zero-order valence-electron chi connectivity index (χ0n) is 19.6. The summed E-state index contributed by atoms with van der Waals surface area (Å²) >= 11 is 0. The highest BCUT2D eigenvalue weighted by molar-refractivity contribution is 7.92. The Bertz CT molecular complexity index is 1070. The van der Waals surface area contributed by atoms with E-state index in [4.69, 9.17) is 0 Å². The lowest BCUT2D eigenvalue weighted by molar-refractivity contribution is -0.137. The highest BCUT2D eigenvalue weighted by Gasteiger charge is 2.49. The molecule has 2 saturated carbocycles. The summed E-state index contributed by atoms with van der Waals surface area (Å²) in [6.45, 7) is 5.72. The van der Waals surface area contributed by atoms with E-state index in [2.05, 4.69) is 20.4 Å². The molecule has 0 radical (unpaired) electrons. The van der Waals surface area contributed by atoms with Crippen molar-refractivity contribution < 1.29 is 21.6 Å². The number of hydrogen-bond donors (Lipinski definition) is 1. The van der Waals surface area contributed by atoms with Crippen LogP contribution >= 0.6 is 0 Å². The van der Waals surface area contributed by atoms with Crippen molar-refractivity contribution in [3.05, 3.63) is 30.4 Å². The second-order valence-corrected chi connectivity index (χ2v) is 12.3. The zero-order chi connectivity index (χ0) is 24.6. The van der Waals surface area contributed by atoms with Crippen molar-refractivity contribution in [2.75, 3.05) is 24.6 Å². The Balaban J connectivity index is 0.000000140. The highest BCUT2D eigenvalue weighted by Crippen LogP contribution is 2.51. The third-order valence-corrected chi connectivity index (χ3v) is 9.07. The highest BCUT2D eigenvalue weighted by atomic mass is 32.2. The van der Waals surface area contributed by atoms with Gasteiger partial charge in [0.05, 0.1) is 17.1 Å². The largest absolute Gasteiger partial charge is 0.417 e. The second-order valence-electron chi connectivity index (χ2n) is 10.2. The van der Waals surface area contributed by atoms with Gasteiger partial charge in [0.25, 0.3) is 0 Å². The fraction of sp³-hybridized carbons (Fsp3) is 0.696. The molecule has 2 atom stereocenters. The Hall–Kier alpha value is -2.01. The van der Waals surface area contributed by atoms with Crippen molar-refractivity contribution in [3.63, 3.8) is 0 Å². The maximum atomic E-state index is 12.5. The summed E-state index contributed by atoms with van der Waals surface area (Å²) in [5.74, 6) is 3.51. The monoisotopic (exact) mass is 499 g/mol. The maximum absolute atomic E-state index is 12.5. The minimum Gasteiger partial charge on any atom is -0.316 e. The Labute approximate surface area is 198 Å². The van der Waals surface area contributed by atoms with E-state index in [0.717, 1.165) is 31.8 Å². The number of fused-ring (bicyclic) bond motifs is 1. The molecule has 0 amide bonds. The van der Waals surface area contributed by atoms with E-state index in [1.165, 1.54) is 30.8 Å². The molecule has 34 heavy (non-hydrogen) atoms. The number of rotatable bonds is 2. The van der Waals surface area contributed by atoms with E-state index >= 15 is 0 Å². The van der Waals surface area contributed by atoms with Gasteiger partial charge in [0.1, 0.15) is 6.33 Å². The Kier molecular flexibility index (Phi) is 7.06. The molecule has 7 nitrogen and oxygen atoms in total. The van der Waals surface area contributed by atoms with Crippen LogP contribution in [0.4, 0.5) is 13.2 Å². The maximum Gasteiger partial charge on any atom is 0.417 e. The number of aromatic nitrogens is 4. The molecule has 11 heteroatoms. The lowest BCUT2D eigenvalue weighted by Gasteiger charge is -2.36. The molecule has 4 fully saturated rings. The Morgan fingerprint density at radius 3 is 2.32 bits per heavy atom. The Morgan fingerprint density at radius 2 is 1.88 bits per heavy atom. The molecule has 4 heterocycles. The average molecular weight is 500 g/mol. The van der Waals surface area contributed by atoms with Crippen molar-refractivity contribution in [3.8, 4) is 11.4 Å². The molecule has 2 aliphatic carbocycles.